The van der Waals surface area contributed by atoms with E-state index in [1.165, 1.54) is 25.1 Å². The van der Waals surface area contributed by atoms with Crippen LogP contribution < -0.4 is 5.43 Å². The number of carbonyl (C=O) groups excluding carboxylic acids is 1. The molecule has 0 bridgehead atoms. The molecular formula is C20H25NO4. The van der Waals surface area contributed by atoms with Gasteiger partial charge in [-0.25, -0.2) is 4.98 Å². The molecule has 1 aromatic carbocycles. The molecule has 0 unspecified atom stereocenters. The highest BCUT2D eigenvalue weighted by Gasteiger charge is 2.12. The van der Waals surface area contributed by atoms with Crippen LogP contribution in [0.4, 0.5) is 0 Å². The van der Waals surface area contributed by atoms with E-state index in [0.29, 0.717) is 41.0 Å². The Hall–Kier alpha value is -2.69. The molecule has 25 heavy (non-hydrogen) atoms. The lowest BCUT2D eigenvalue weighted by Gasteiger charge is -2.08. The monoisotopic (exact) mass is 343 g/mol. The average molecular weight is 343 g/mol. The van der Waals surface area contributed by atoms with E-state index >= 15 is 0 Å². The number of Topliss-reactive ketones (excluding diaryl/α,β-unsaturated/α-hetero) is 1. The van der Waals surface area contributed by atoms with Crippen LogP contribution in [0.25, 0.3) is 22.6 Å². The number of fused-ring (bicyclic) bond motifs is 2. The molecule has 1 N–H and O–H groups in total. The molecule has 0 amide bonds. The van der Waals surface area contributed by atoms with Gasteiger partial charge >= 0.3 is 0 Å². The van der Waals surface area contributed by atoms with Crippen LogP contribution in [0.1, 0.15) is 46.6 Å². The number of rotatable bonds is 3. The molecule has 0 atom stereocenters. The fourth-order valence-electron chi connectivity index (χ4n) is 2.20. The van der Waals surface area contributed by atoms with Crippen LogP contribution in [0, 0.1) is 0 Å². The van der Waals surface area contributed by atoms with Crippen molar-refractivity contribution in [2.45, 2.75) is 47.5 Å². The van der Waals surface area contributed by atoms with Crippen LogP contribution in [0.15, 0.2) is 39.5 Å². The fourth-order valence-corrected chi connectivity index (χ4v) is 2.20. The number of hydrogen-bond donors (Lipinski definition) is 1. The van der Waals surface area contributed by atoms with Gasteiger partial charge < -0.3 is 14.3 Å². The molecule has 0 fully saturated rings. The summed E-state index contributed by atoms with van der Waals surface area (Å²) in [5.74, 6) is 0.506. The number of phenolic OH excluding ortho intramolecular Hbond substituents is 1. The number of phenols is 1. The quantitative estimate of drug-likeness (QED) is 0.704. The number of aromatic hydroxyl groups is 1. The fraction of sp³-hybridized carbons (Fsp3) is 0.350. The summed E-state index contributed by atoms with van der Waals surface area (Å²) in [4.78, 5) is 26.8. The van der Waals surface area contributed by atoms with Crippen molar-refractivity contribution in [1.82, 2.24) is 4.98 Å². The van der Waals surface area contributed by atoms with Crippen molar-refractivity contribution in [2.24, 2.45) is 0 Å². The number of aromatic nitrogens is 1. The maximum Gasteiger partial charge on any atom is 0.182 e. The van der Waals surface area contributed by atoms with Crippen LogP contribution in [0.2, 0.25) is 0 Å². The zero-order valence-electron chi connectivity index (χ0n) is 15.4. The molecule has 1 aliphatic carbocycles. The molecule has 0 saturated heterocycles. The summed E-state index contributed by atoms with van der Waals surface area (Å²) in [5.41, 5.74) is 2.05. The Balaban J connectivity index is 0.000000730. The first-order valence-corrected chi connectivity index (χ1v) is 8.59. The molecule has 2 aliphatic rings. The van der Waals surface area contributed by atoms with Gasteiger partial charge in [-0.05, 0) is 37.1 Å². The van der Waals surface area contributed by atoms with Crippen molar-refractivity contribution in [2.75, 3.05) is 0 Å². The number of nitrogens with zero attached hydrogens (tertiary/aromatic N) is 1. The third-order valence-electron chi connectivity index (χ3n) is 3.30. The Labute approximate surface area is 147 Å². The lowest BCUT2D eigenvalue weighted by atomic mass is 10.1. The van der Waals surface area contributed by atoms with Gasteiger partial charge in [0.2, 0.25) is 0 Å². The molecule has 0 spiro atoms. The zero-order chi connectivity index (χ0) is 19.0. The number of benzene rings is 2. The summed E-state index contributed by atoms with van der Waals surface area (Å²) in [6.45, 7) is 9.51. The van der Waals surface area contributed by atoms with Crippen LogP contribution in [0.5, 0.6) is 5.75 Å². The van der Waals surface area contributed by atoms with Crippen LogP contribution in [0.3, 0.4) is 0 Å². The molecule has 1 aliphatic heterocycles. The molecule has 134 valence electrons. The highest BCUT2D eigenvalue weighted by atomic mass is 16.3. The minimum Gasteiger partial charge on any atom is -0.508 e. The van der Waals surface area contributed by atoms with Crippen LogP contribution in [-0.2, 0) is 11.2 Å². The third-order valence-corrected chi connectivity index (χ3v) is 3.30. The average Bonchev–Trinajstić information content (AvgIpc) is 2.61. The van der Waals surface area contributed by atoms with Crippen molar-refractivity contribution in [3.8, 4) is 17.2 Å². The highest BCUT2D eigenvalue weighted by Crippen LogP contribution is 2.29. The molecule has 1 heterocycles. The summed E-state index contributed by atoms with van der Waals surface area (Å²) in [6, 6.07) is 7.56. The second kappa shape index (κ2) is 9.57. The number of aryl methyl sites for hydroxylation is 1. The number of hydrogen-bond acceptors (Lipinski definition) is 5. The Morgan fingerprint density at radius 1 is 1.12 bits per heavy atom. The minimum atomic E-state index is -0.158. The van der Waals surface area contributed by atoms with Gasteiger partial charge in [-0.1, -0.05) is 27.7 Å². The Morgan fingerprint density at radius 2 is 1.80 bits per heavy atom. The van der Waals surface area contributed by atoms with E-state index in [1.807, 2.05) is 27.7 Å². The van der Waals surface area contributed by atoms with Gasteiger partial charge in [-0.15, -0.1) is 0 Å². The molecule has 3 rings (SSSR count). The van der Waals surface area contributed by atoms with Gasteiger partial charge in [-0.3, -0.25) is 4.79 Å². The Kier molecular flexibility index (Phi) is 7.79. The van der Waals surface area contributed by atoms with E-state index in [9.17, 15) is 14.7 Å². The van der Waals surface area contributed by atoms with Crippen molar-refractivity contribution in [3.63, 3.8) is 0 Å². The van der Waals surface area contributed by atoms with E-state index in [-0.39, 0.29) is 17.0 Å². The van der Waals surface area contributed by atoms with E-state index in [0.717, 1.165) is 0 Å². The largest absolute Gasteiger partial charge is 0.508 e. The van der Waals surface area contributed by atoms with Crippen molar-refractivity contribution < 1.29 is 14.3 Å². The first-order chi connectivity index (χ1) is 12.0. The molecule has 0 aromatic heterocycles. The minimum absolute atomic E-state index is 0.0620. The lowest BCUT2D eigenvalue weighted by Crippen LogP contribution is -2.00. The summed E-state index contributed by atoms with van der Waals surface area (Å²) in [5, 5.41) is 9.99. The molecule has 1 aromatic rings. The standard InChI is InChI=1S/C16H13NO4.2C2H6/c1-9(18)2-3-10-6-13-16(8-14(10)20)21-15-7-11(19)4-5-12(15)17-13;2*1-2/h4-8,20H,2-3H2,1H3;2*1-2H3. The zero-order valence-corrected chi connectivity index (χ0v) is 15.4. The van der Waals surface area contributed by atoms with Gasteiger partial charge in [0.1, 0.15) is 22.7 Å². The van der Waals surface area contributed by atoms with Gasteiger partial charge in [0.15, 0.2) is 16.8 Å². The molecule has 5 heteroatoms. The second-order valence-corrected chi connectivity index (χ2v) is 4.99. The van der Waals surface area contributed by atoms with Gasteiger partial charge in [-0.2, -0.15) is 0 Å². The SMILES string of the molecule is CC.CC.CC(=O)CCc1cc2nc3ccc(=O)cc-3oc2cc1O. The maximum absolute atomic E-state index is 11.3. The summed E-state index contributed by atoms with van der Waals surface area (Å²) >= 11 is 0. The third kappa shape index (κ3) is 5.14. The topological polar surface area (TPSA) is 80.4 Å². The van der Waals surface area contributed by atoms with Crippen LogP contribution in [-0.4, -0.2) is 15.9 Å². The summed E-state index contributed by atoms with van der Waals surface area (Å²) in [6.07, 6.45) is 0.819. The number of carbonyl (C=O) groups is 1. The molecular weight excluding hydrogens is 318 g/mol. The lowest BCUT2D eigenvalue weighted by molar-refractivity contribution is -0.116. The van der Waals surface area contributed by atoms with E-state index in [1.54, 1.807) is 12.1 Å². The highest BCUT2D eigenvalue weighted by molar-refractivity contribution is 5.80. The molecule has 5 nitrogen and oxygen atoms in total. The second-order valence-electron chi connectivity index (χ2n) is 4.99. The van der Waals surface area contributed by atoms with Crippen molar-refractivity contribution in [1.29, 1.82) is 0 Å². The van der Waals surface area contributed by atoms with Gasteiger partial charge in [0.05, 0.1) is 0 Å². The van der Waals surface area contributed by atoms with Crippen molar-refractivity contribution in [3.05, 3.63) is 46.1 Å². The van der Waals surface area contributed by atoms with Gasteiger partial charge in [0, 0.05) is 18.6 Å². The summed E-state index contributed by atoms with van der Waals surface area (Å²) in [7, 11) is 0. The predicted octanol–water partition coefficient (Wildman–Crippen LogP) is 4.57. The smallest absolute Gasteiger partial charge is 0.182 e. The molecule has 0 radical (unpaired) electrons. The Bertz CT molecular complexity index is 867. The van der Waals surface area contributed by atoms with E-state index in [4.69, 9.17) is 4.42 Å². The normalized spacial score (nSPS) is 9.80. The maximum atomic E-state index is 11.3. The molecule has 0 saturated carbocycles. The van der Waals surface area contributed by atoms with Crippen LogP contribution >= 0.6 is 0 Å². The van der Waals surface area contributed by atoms with E-state index in [2.05, 4.69) is 4.98 Å². The predicted molar refractivity (Wildman–Crippen MR) is 100 cm³/mol. The number of ketones is 1. The Morgan fingerprint density at radius 3 is 2.44 bits per heavy atom. The first-order valence-electron chi connectivity index (χ1n) is 8.59. The van der Waals surface area contributed by atoms with Crippen molar-refractivity contribution >= 4 is 16.9 Å². The summed E-state index contributed by atoms with van der Waals surface area (Å²) < 4.78 is 5.60. The first kappa shape index (κ1) is 20.4. The van der Waals surface area contributed by atoms with Gasteiger partial charge in [0.25, 0.3) is 0 Å². The van der Waals surface area contributed by atoms with E-state index < -0.39 is 0 Å².